The second-order valence-corrected chi connectivity index (χ2v) is 3.05. The average Bonchev–Trinajstić information content (AvgIpc) is 2.71. The number of nitrogens with two attached hydrogens (primary N) is 1. The van der Waals surface area contributed by atoms with Crippen molar-refractivity contribution in [1.29, 1.82) is 0 Å². The van der Waals surface area contributed by atoms with Gasteiger partial charge in [-0.05, 0) is 12.1 Å². The Morgan fingerprint density at radius 1 is 1.56 bits per heavy atom. The number of nitrogens with zero attached hydrogens (tertiary/aromatic N) is 3. The van der Waals surface area contributed by atoms with E-state index in [1.165, 1.54) is 13.4 Å². The first kappa shape index (κ1) is 10.2. The Morgan fingerprint density at radius 3 is 3.00 bits per heavy atom. The number of carbonyl (C=O) groups is 1. The molecule has 0 saturated carbocycles. The van der Waals surface area contributed by atoms with Crippen molar-refractivity contribution in [2.75, 3.05) is 12.8 Å². The zero-order valence-corrected chi connectivity index (χ0v) is 8.62. The van der Waals surface area contributed by atoms with Crippen LogP contribution in [0.5, 0.6) is 0 Å². The molecule has 82 valence electrons. The molecule has 0 unspecified atom stereocenters. The van der Waals surface area contributed by atoms with Gasteiger partial charge in [-0.25, -0.2) is 9.78 Å². The lowest BCUT2D eigenvalue weighted by Gasteiger charge is -2.03. The summed E-state index contributed by atoms with van der Waals surface area (Å²) in [4.78, 5) is 19.1. The quantitative estimate of drug-likeness (QED) is 0.748. The molecule has 16 heavy (non-hydrogen) atoms. The van der Waals surface area contributed by atoms with Crippen molar-refractivity contribution in [3.05, 3.63) is 36.5 Å². The van der Waals surface area contributed by atoms with Crippen molar-refractivity contribution in [3.8, 4) is 5.69 Å². The molecule has 0 aromatic carbocycles. The number of rotatable bonds is 2. The van der Waals surface area contributed by atoms with Gasteiger partial charge in [0.15, 0.2) is 5.69 Å². The number of methoxy groups -OCH3 is 1. The molecule has 6 heteroatoms. The van der Waals surface area contributed by atoms with Crippen molar-refractivity contribution in [2.24, 2.45) is 0 Å². The highest BCUT2D eigenvalue weighted by Crippen LogP contribution is 2.16. The summed E-state index contributed by atoms with van der Waals surface area (Å²) in [6.45, 7) is 0. The predicted octanol–water partition coefficient (Wildman–Crippen LogP) is 0.636. The third kappa shape index (κ3) is 1.60. The Hall–Kier alpha value is -2.37. The maximum absolute atomic E-state index is 11.3. The summed E-state index contributed by atoms with van der Waals surface area (Å²) < 4.78 is 6.12. The first-order valence-electron chi connectivity index (χ1n) is 4.55. The van der Waals surface area contributed by atoms with Gasteiger partial charge in [0.1, 0.15) is 12.1 Å². The molecule has 0 bridgehead atoms. The number of ether oxygens (including phenoxy) is 1. The van der Waals surface area contributed by atoms with E-state index >= 15 is 0 Å². The summed E-state index contributed by atoms with van der Waals surface area (Å²) in [5, 5.41) is 0. The minimum absolute atomic E-state index is 0.103. The number of nitrogen functional groups attached to an aromatic ring is 1. The molecule has 0 aliphatic rings. The molecule has 0 aliphatic heterocycles. The predicted molar refractivity (Wildman–Crippen MR) is 57.1 cm³/mol. The van der Waals surface area contributed by atoms with E-state index < -0.39 is 5.97 Å². The van der Waals surface area contributed by atoms with Crippen LogP contribution in [0.25, 0.3) is 5.69 Å². The third-order valence-electron chi connectivity index (χ3n) is 2.11. The van der Waals surface area contributed by atoms with Gasteiger partial charge in [0.05, 0.1) is 19.0 Å². The third-order valence-corrected chi connectivity index (χ3v) is 2.11. The molecule has 2 heterocycles. The summed E-state index contributed by atoms with van der Waals surface area (Å²) in [6.07, 6.45) is 4.73. The fourth-order valence-electron chi connectivity index (χ4n) is 1.31. The molecule has 2 aromatic heterocycles. The number of anilines is 1. The Kier molecular flexibility index (Phi) is 2.55. The van der Waals surface area contributed by atoms with Gasteiger partial charge < -0.3 is 10.5 Å². The molecule has 0 fully saturated rings. The van der Waals surface area contributed by atoms with Crippen molar-refractivity contribution in [1.82, 2.24) is 14.5 Å². The van der Waals surface area contributed by atoms with Gasteiger partial charge in [-0.15, -0.1) is 0 Å². The monoisotopic (exact) mass is 218 g/mol. The second kappa shape index (κ2) is 4.01. The van der Waals surface area contributed by atoms with E-state index in [9.17, 15) is 4.79 Å². The normalized spacial score (nSPS) is 10.1. The Labute approximate surface area is 91.7 Å². The van der Waals surface area contributed by atoms with Crippen molar-refractivity contribution < 1.29 is 9.53 Å². The number of hydrogen-bond donors (Lipinski definition) is 1. The lowest BCUT2D eigenvalue weighted by molar-refractivity contribution is 0.0596. The highest BCUT2D eigenvalue weighted by molar-refractivity contribution is 5.92. The van der Waals surface area contributed by atoms with E-state index in [1.807, 2.05) is 6.07 Å². The summed E-state index contributed by atoms with van der Waals surface area (Å²) in [6, 6.07) is 3.58. The zero-order valence-electron chi connectivity index (χ0n) is 8.62. The van der Waals surface area contributed by atoms with E-state index in [0.29, 0.717) is 0 Å². The Bertz CT molecular complexity index is 507. The van der Waals surface area contributed by atoms with Gasteiger partial charge in [-0.3, -0.25) is 9.55 Å². The first-order chi connectivity index (χ1) is 7.74. The SMILES string of the molecule is COC(=O)c1ncn(-c2cccnc2)c1N. The van der Waals surface area contributed by atoms with E-state index in [0.717, 1.165) is 5.69 Å². The molecule has 0 aliphatic carbocycles. The van der Waals surface area contributed by atoms with E-state index in [4.69, 9.17) is 5.73 Å². The molecular formula is C10H10N4O2. The number of aromatic nitrogens is 3. The fourth-order valence-corrected chi connectivity index (χ4v) is 1.31. The van der Waals surface area contributed by atoms with Gasteiger partial charge in [0.25, 0.3) is 0 Å². The van der Waals surface area contributed by atoms with Gasteiger partial charge in [0.2, 0.25) is 0 Å². The van der Waals surface area contributed by atoms with Crippen LogP contribution in [0, 0.1) is 0 Å². The van der Waals surface area contributed by atoms with Crippen molar-refractivity contribution in [3.63, 3.8) is 0 Å². The lowest BCUT2D eigenvalue weighted by Crippen LogP contribution is -2.07. The largest absolute Gasteiger partial charge is 0.464 e. The highest BCUT2D eigenvalue weighted by Gasteiger charge is 2.16. The molecule has 6 nitrogen and oxygen atoms in total. The lowest BCUT2D eigenvalue weighted by atomic mass is 10.4. The number of carbonyl (C=O) groups excluding carboxylic acids is 1. The van der Waals surface area contributed by atoms with Crippen LogP contribution in [0.15, 0.2) is 30.9 Å². The van der Waals surface area contributed by atoms with Crippen LogP contribution in [0.4, 0.5) is 5.82 Å². The van der Waals surface area contributed by atoms with Crippen molar-refractivity contribution in [2.45, 2.75) is 0 Å². The molecule has 0 radical (unpaired) electrons. The smallest absolute Gasteiger partial charge is 0.360 e. The van der Waals surface area contributed by atoms with Crippen molar-refractivity contribution >= 4 is 11.8 Å². The van der Waals surface area contributed by atoms with Gasteiger partial charge in [-0.1, -0.05) is 0 Å². The van der Waals surface area contributed by atoms with Crippen LogP contribution in [0.1, 0.15) is 10.5 Å². The standard InChI is InChI=1S/C10H10N4O2/c1-16-10(15)8-9(11)14(6-13-8)7-3-2-4-12-5-7/h2-6H,11H2,1H3. The fraction of sp³-hybridized carbons (Fsp3) is 0.100. The molecule has 0 spiro atoms. The van der Waals surface area contributed by atoms with Crippen LogP contribution < -0.4 is 5.73 Å². The summed E-state index contributed by atoms with van der Waals surface area (Å²) in [7, 11) is 1.28. The molecule has 2 rings (SSSR count). The van der Waals surface area contributed by atoms with Crippen LogP contribution >= 0.6 is 0 Å². The molecule has 0 atom stereocenters. The molecule has 2 aromatic rings. The summed E-state index contributed by atoms with van der Waals surface area (Å²) >= 11 is 0. The maximum atomic E-state index is 11.3. The molecule has 0 saturated heterocycles. The molecule has 2 N–H and O–H groups in total. The highest BCUT2D eigenvalue weighted by atomic mass is 16.5. The Balaban J connectivity index is 2.45. The van der Waals surface area contributed by atoms with E-state index in [-0.39, 0.29) is 11.5 Å². The van der Waals surface area contributed by atoms with Crippen LogP contribution in [-0.2, 0) is 4.74 Å². The maximum Gasteiger partial charge on any atom is 0.360 e. The molecule has 0 amide bonds. The van der Waals surface area contributed by atoms with Gasteiger partial charge in [0, 0.05) is 6.20 Å². The first-order valence-corrected chi connectivity index (χ1v) is 4.55. The van der Waals surface area contributed by atoms with E-state index in [2.05, 4.69) is 14.7 Å². The zero-order chi connectivity index (χ0) is 11.5. The number of imidazole rings is 1. The molecular weight excluding hydrogens is 208 g/mol. The number of hydrogen-bond acceptors (Lipinski definition) is 5. The van der Waals surface area contributed by atoms with Crippen LogP contribution in [0.3, 0.4) is 0 Å². The number of esters is 1. The summed E-state index contributed by atoms with van der Waals surface area (Å²) in [5.41, 5.74) is 6.63. The average molecular weight is 218 g/mol. The van der Waals surface area contributed by atoms with E-state index in [1.54, 1.807) is 23.0 Å². The Morgan fingerprint density at radius 2 is 2.38 bits per heavy atom. The van der Waals surface area contributed by atoms with Gasteiger partial charge in [-0.2, -0.15) is 0 Å². The topological polar surface area (TPSA) is 83.0 Å². The van der Waals surface area contributed by atoms with Crippen LogP contribution in [0.2, 0.25) is 0 Å². The number of pyridine rings is 1. The second-order valence-electron chi connectivity index (χ2n) is 3.05. The van der Waals surface area contributed by atoms with Crippen LogP contribution in [-0.4, -0.2) is 27.6 Å². The summed E-state index contributed by atoms with van der Waals surface area (Å²) in [5.74, 6) is -0.319. The van der Waals surface area contributed by atoms with Gasteiger partial charge >= 0.3 is 5.97 Å². The minimum Gasteiger partial charge on any atom is -0.464 e. The minimum atomic E-state index is -0.555.